The molecule has 0 saturated heterocycles. The molecule has 0 saturated carbocycles. The summed E-state index contributed by atoms with van der Waals surface area (Å²) in [4.78, 5) is 6.52. The Balaban J connectivity index is 2.21. The summed E-state index contributed by atoms with van der Waals surface area (Å²) in [6.07, 6.45) is 1.65. The maximum Gasteiger partial charge on any atom is 0.249 e. The average Bonchev–Trinajstić information content (AvgIpc) is 2.45. The number of nitrogens with one attached hydrogen (secondary N) is 1. The summed E-state index contributed by atoms with van der Waals surface area (Å²) in [7, 11) is 0. The number of halogens is 2. The third-order valence-corrected chi connectivity index (χ3v) is 3.55. The summed E-state index contributed by atoms with van der Waals surface area (Å²) in [5.74, 6) is 1.21. The van der Waals surface area contributed by atoms with Crippen molar-refractivity contribution in [3.05, 3.63) is 34.4 Å². The summed E-state index contributed by atoms with van der Waals surface area (Å²) < 4.78 is 0. The van der Waals surface area contributed by atoms with Gasteiger partial charge in [-0.3, -0.25) is 0 Å². The monoisotopic (exact) mass is 311 g/mol. The first-order valence-electron chi connectivity index (χ1n) is 6.30. The van der Waals surface area contributed by atoms with Gasteiger partial charge >= 0.3 is 0 Å². The van der Waals surface area contributed by atoms with E-state index in [1.165, 1.54) is 0 Å². The van der Waals surface area contributed by atoms with Gasteiger partial charge in [-0.05, 0) is 32.0 Å². The molecular formula is C13H15Cl2N5. The first-order valence-corrected chi connectivity index (χ1v) is 7.06. The molecule has 0 fully saturated rings. The highest BCUT2D eigenvalue weighted by Crippen LogP contribution is 2.26. The van der Waals surface area contributed by atoms with E-state index in [-0.39, 0.29) is 0 Å². The Kier molecular flexibility index (Phi) is 4.98. The zero-order valence-electron chi connectivity index (χ0n) is 11.3. The van der Waals surface area contributed by atoms with Crippen molar-refractivity contribution in [3.8, 4) is 0 Å². The Bertz CT molecular complexity index is 587. The van der Waals surface area contributed by atoms with E-state index in [0.717, 1.165) is 24.6 Å². The lowest BCUT2D eigenvalue weighted by molar-refractivity contribution is 0.826. The van der Waals surface area contributed by atoms with Gasteiger partial charge in [-0.25, -0.2) is 0 Å². The molecule has 1 aromatic carbocycles. The largest absolute Gasteiger partial charge is 0.356 e. The Morgan fingerprint density at radius 3 is 2.55 bits per heavy atom. The number of aromatic nitrogens is 3. The van der Waals surface area contributed by atoms with Gasteiger partial charge in [0.25, 0.3) is 0 Å². The van der Waals surface area contributed by atoms with E-state index in [1.807, 2.05) is 6.07 Å². The van der Waals surface area contributed by atoms with Crippen LogP contribution in [0.2, 0.25) is 10.0 Å². The number of hydrogen-bond donors (Lipinski definition) is 1. The molecule has 0 unspecified atom stereocenters. The van der Waals surface area contributed by atoms with E-state index in [4.69, 9.17) is 23.2 Å². The highest BCUT2D eigenvalue weighted by atomic mass is 35.5. The van der Waals surface area contributed by atoms with Gasteiger partial charge in [-0.15, -0.1) is 5.10 Å². The molecule has 0 atom stereocenters. The van der Waals surface area contributed by atoms with Crippen molar-refractivity contribution in [1.82, 2.24) is 15.2 Å². The lowest BCUT2D eigenvalue weighted by Crippen LogP contribution is -2.23. The molecule has 0 spiro atoms. The molecule has 1 aromatic heterocycles. The van der Waals surface area contributed by atoms with Gasteiger partial charge < -0.3 is 10.2 Å². The van der Waals surface area contributed by atoms with E-state index < -0.39 is 0 Å². The number of anilines is 3. The number of hydrogen-bond acceptors (Lipinski definition) is 5. The van der Waals surface area contributed by atoms with Gasteiger partial charge in [0.1, 0.15) is 0 Å². The zero-order valence-corrected chi connectivity index (χ0v) is 12.8. The first-order chi connectivity index (χ1) is 9.63. The summed E-state index contributed by atoms with van der Waals surface area (Å²) in [5.41, 5.74) is 0.762. The molecule has 0 aliphatic rings. The minimum absolute atomic E-state index is 0.424. The van der Waals surface area contributed by atoms with Crippen molar-refractivity contribution in [3.63, 3.8) is 0 Å². The molecule has 1 N–H and O–H groups in total. The van der Waals surface area contributed by atoms with E-state index in [0.29, 0.717) is 16.0 Å². The second kappa shape index (κ2) is 6.72. The van der Waals surface area contributed by atoms with E-state index in [2.05, 4.69) is 39.2 Å². The minimum atomic E-state index is 0.424. The summed E-state index contributed by atoms with van der Waals surface area (Å²) >= 11 is 11.8. The van der Waals surface area contributed by atoms with E-state index >= 15 is 0 Å². The van der Waals surface area contributed by atoms with Crippen LogP contribution in [0.4, 0.5) is 17.5 Å². The van der Waals surface area contributed by atoms with Crippen molar-refractivity contribution in [1.29, 1.82) is 0 Å². The molecule has 1 heterocycles. The maximum absolute atomic E-state index is 5.97. The molecule has 0 radical (unpaired) electrons. The van der Waals surface area contributed by atoms with Crippen LogP contribution in [0.5, 0.6) is 0 Å². The normalized spacial score (nSPS) is 10.4. The second-order valence-corrected chi connectivity index (χ2v) is 4.88. The van der Waals surface area contributed by atoms with Gasteiger partial charge in [0.2, 0.25) is 5.95 Å². The van der Waals surface area contributed by atoms with Crippen molar-refractivity contribution >= 4 is 40.7 Å². The molecule has 0 amide bonds. The van der Waals surface area contributed by atoms with Crippen LogP contribution in [0.3, 0.4) is 0 Å². The molecule has 2 aromatic rings. The molecule has 0 bridgehead atoms. The quantitative estimate of drug-likeness (QED) is 0.911. The van der Waals surface area contributed by atoms with Crippen LogP contribution < -0.4 is 10.2 Å². The minimum Gasteiger partial charge on any atom is -0.356 e. The molecule has 106 valence electrons. The van der Waals surface area contributed by atoms with Crippen molar-refractivity contribution < 1.29 is 0 Å². The zero-order chi connectivity index (χ0) is 14.5. The standard InChI is InChI=1S/C13H15Cl2N5/c1-3-20(4-2)12-8-16-19-13(18-12)17-9-5-6-10(14)11(15)7-9/h5-8H,3-4H2,1-2H3,(H,17,18,19). The molecule has 5 nitrogen and oxygen atoms in total. The Labute approximate surface area is 127 Å². The number of nitrogens with zero attached hydrogens (tertiary/aromatic N) is 4. The second-order valence-electron chi connectivity index (χ2n) is 4.06. The van der Waals surface area contributed by atoms with Crippen LogP contribution >= 0.6 is 23.2 Å². The number of rotatable bonds is 5. The van der Waals surface area contributed by atoms with Crippen molar-refractivity contribution in [2.45, 2.75) is 13.8 Å². The third-order valence-electron chi connectivity index (χ3n) is 2.81. The lowest BCUT2D eigenvalue weighted by atomic mass is 10.3. The molecule has 0 aliphatic heterocycles. The van der Waals surface area contributed by atoms with Gasteiger partial charge in [0, 0.05) is 18.8 Å². The van der Waals surface area contributed by atoms with Gasteiger partial charge in [-0.2, -0.15) is 10.1 Å². The van der Waals surface area contributed by atoms with Crippen molar-refractivity contribution in [2.24, 2.45) is 0 Å². The molecule has 20 heavy (non-hydrogen) atoms. The summed E-state index contributed by atoms with van der Waals surface area (Å²) in [6, 6.07) is 5.24. The van der Waals surface area contributed by atoms with Crippen LogP contribution in [0.25, 0.3) is 0 Å². The fourth-order valence-corrected chi connectivity index (χ4v) is 2.05. The van der Waals surface area contributed by atoms with Gasteiger partial charge in [-0.1, -0.05) is 23.2 Å². The molecule has 0 aliphatic carbocycles. The third kappa shape index (κ3) is 3.49. The predicted molar refractivity (Wildman–Crippen MR) is 83.1 cm³/mol. The fraction of sp³-hybridized carbons (Fsp3) is 0.308. The Morgan fingerprint density at radius 2 is 1.90 bits per heavy atom. The average molecular weight is 312 g/mol. The predicted octanol–water partition coefficient (Wildman–Crippen LogP) is 3.77. The lowest BCUT2D eigenvalue weighted by Gasteiger charge is -2.19. The highest BCUT2D eigenvalue weighted by molar-refractivity contribution is 6.42. The fourth-order valence-electron chi connectivity index (χ4n) is 1.75. The molecule has 2 rings (SSSR count). The topological polar surface area (TPSA) is 53.9 Å². The summed E-state index contributed by atoms with van der Waals surface area (Å²) in [6.45, 7) is 5.86. The smallest absolute Gasteiger partial charge is 0.249 e. The SMILES string of the molecule is CCN(CC)c1cnnc(Nc2ccc(Cl)c(Cl)c2)n1. The molecule has 7 heteroatoms. The van der Waals surface area contributed by atoms with Crippen LogP contribution in [-0.2, 0) is 0 Å². The number of benzene rings is 1. The van der Waals surface area contributed by atoms with Crippen LogP contribution in [-0.4, -0.2) is 28.3 Å². The van der Waals surface area contributed by atoms with Gasteiger partial charge in [0.05, 0.1) is 16.2 Å². The van der Waals surface area contributed by atoms with E-state index in [9.17, 15) is 0 Å². The molecular weight excluding hydrogens is 297 g/mol. The van der Waals surface area contributed by atoms with Crippen LogP contribution in [0.1, 0.15) is 13.8 Å². The Hall–Kier alpha value is -1.59. The first kappa shape index (κ1) is 14.8. The van der Waals surface area contributed by atoms with E-state index in [1.54, 1.807) is 18.3 Å². The van der Waals surface area contributed by atoms with Crippen LogP contribution in [0.15, 0.2) is 24.4 Å². The maximum atomic E-state index is 5.97. The Morgan fingerprint density at radius 1 is 1.15 bits per heavy atom. The van der Waals surface area contributed by atoms with Crippen LogP contribution in [0, 0.1) is 0 Å². The van der Waals surface area contributed by atoms with Gasteiger partial charge in [0.15, 0.2) is 5.82 Å². The highest BCUT2D eigenvalue weighted by Gasteiger charge is 2.07. The summed E-state index contributed by atoms with van der Waals surface area (Å²) in [5, 5.41) is 12.0. The van der Waals surface area contributed by atoms with Crippen molar-refractivity contribution in [2.75, 3.05) is 23.3 Å².